The first-order chi connectivity index (χ1) is 7.20. The maximum atomic E-state index is 5.74. The topological polar surface area (TPSA) is 53.1 Å². The summed E-state index contributed by atoms with van der Waals surface area (Å²) in [6, 6.07) is 3.70. The summed E-state index contributed by atoms with van der Waals surface area (Å²) in [5.74, 6) is 0.672. The number of benzene rings is 1. The number of aromatic nitrogens is 2. The average molecular weight is 207 g/mol. The molecule has 82 valence electrons. The molecule has 0 bridgehead atoms. The number of nitrogen functional groups attached to an aromatic ring is 1. The minimum atomic E-state index is 0.642. The van der Waals surface area contributed by atoms with Crippen molar-refractivity contribution in [1.29, 1.82) is 0 Å². The van der Waals surface area contributed by atoms with Crippen molar-refractivity contribution in [3.8, 4) is 5.75 Å². The second-order valence-electron chi connectivity index (χ2n) is 2.96. The van der Waals surface area contributed by atoms with Crippen molar-refractivity contribution in [2.24, 2.45) is 7.05 Å². The highest BCUT2D eigenvalue weighted by atomic mass is 16.5. The highest BCUT2D eigenvalue weighted by molar-refractivity contribution is 5.84. The molecule has 1 aromatic carbocycles. The number of nitrogens with zero attached hydrogens (tertiary/aromatic N) is 2. The fourth-order valence-corrected chi connectivity index (χ4v) is 1.37. The number of nitrogens with two attached hydrogens (primary N) is 1. The van der Waals surface area contributed by atoms with Gasteiger partial charge in [0, 0.05) is 24.7 Å². The lowest BCUT2D eigenvalue weighted by Crippen LogP contribution is -1.91. The Bertz CT molecular complexity index is 448. The average Bonchev–Trinajstić information content (AvgIpc) is 2.59. The van der Waals surface area contributed by atoms with Crippen LogP contribution in [0.25, 0.3) is 10.9 Å². The van der Waals surface area contributed by atoms with E-state index in [0.717, 1.165) is 10.9 Å². The van der Waals surface area contributed by atoms with E-state index in [9.17, 15) is 0 Å². The molecule has 2 rings (SSSR count). The fourth-order valence-electron chi connectivity index (χ4n) is 1.37. The van der Waals surface area contributed by atoms with E-state index in [-0.39, 0.29) is 0 Å². The van der Waals surface area contributed by atoms with Gasteiger partial charge in [-0.15, -0.1) is 0 Å². The predicted molar refractivity (Wildman–Crippen MR) is 63.0 cm³/mol. The molecule has 2 aromatic rings. The molecule has 4 heteroatoms. The van der Waals surface area contributed by atoms with Gasteiger partial charge in [-0.25, -0.2) is 0 Å². The minimum Gasteiger partial charge on any atom is -0.495 e. The van der Waals surface area contributed by atoms with Crippen LogP contribution in [0.15, 0.2) is 18.3 Å². The Hall–Kier alpha value is -1.71. The highest BCUT2D eigenvalue weighted by Crippen LogP contribution is 2.26. The SMILES string of the molecule is CC.COc1cc2nn(C)cc2cc1N. The second kappa shape index (κ2) is 4.68. The third-order valence-electron chi connectivity index (χ3n) is 1.97. The van der Waals surface area contributed by atoms with Gasteiger partial charge in [0.25, 0.3) is 0 Å². The van der Waals surface area contributed by atoms with Crippen molar-refractivity contribution in [3.05, 3.63) is 18.3 Å². The number of fused-ring (bicyclic) bond motifs is 1. The van der Waals surface area contributed by atoms with E-state index in [4.69, 9.17) is 10.5 Å². The smallest absolute Gasteiger partial charge is 0.144 e. The molecule has 0 unspecified atom stereocenters. The van der Waals surface area contributed by atoms with Crippen LogP contribution in [0.4, 0.5) is 5.69 Å². The zero-order chi connectivity index (χ0) is 11.4. The van der Waals surface area contributed by atoms with Crippen molar-refractivity contribution in [1.82, 2.24) is 9.78 Å². The highest BCUT2D eigenvalue weighted by Gasteiger charge is 2.04. The summed E-state index contributed by atoms with van der Waals surface area (Å²) in [6.07, 6.45) is 1.92. The molecule has 0 aliphatic rings. The molecule has 1 aromatic heterocycles. The van der Waals surface area contributed by atoms with Crippen molar-refractivity contribution >= 4 is 16.6 Å². The Balaban J connectivity index is 0.000000531. The van der Waals surface area contributed by atoms with Crippen molar-refractivity contribution in [2.45, 2.75) is 13.8 Å². The van der Waals surface area contributed by atoms with Gasteiger partial charge in [-0.3, -0.25) is 4.68 Å². The van der Waals surface area contributed by atoms with Crippen LogP contribution in [0, 0.1) is 0 Å². The molecule has 0 saturated heterocycles. The number of rotatable bonds is 1. The molecule has 2 N–H and O–H groups in total. The molecular weight excluding hydrogens is 190 g/mol. The summed E-state index contributed by atoms with van der Waals surface area (Å²) in [6.45, 7) is 4.00. The largest absolute Gasteiger partial charge is 0.495 e. The third-order valence-corrected chi connectivity index (χ3v) is 1.97. The fraction of sp³-hybridized carbons (Fsp3) is 0.364. The predicted octanol–water partition coefficient (Wildman–Crippen LogP) is 2.19. The molecule has 15 heavy (non-hydrogen) atoms. The number of ether oxygens (including phenoxy) is 1. The minimum absolute atomic E-state index is 0.642. The maximum Gasteiger partial charge on any atom is 0.144 e. The first-order valence-electron chi connectivity index (χ1n) is 4.97. The van der Waals surface area contributed by atoms with Crippen molar-refractivity contribution < 1.29 is 4.74 Å². The first kappa shape index (κ1) is 11.4. The summed E-state index contributed by atoms with van der Waals surface area (Å²) < 4.78 is 6.84. The number of hydrogen-bond donors (Lipinski definition) is 1. The second-order valence-corrected chi connectivity index (χ2v) is 2.96. The van der Waals surface area contributed by atoms with E-state index in [1.54, 1.807) is 11.8 Å². The number of aryl methyl sites for hydroxylation is 1. The number of anilines is 1. The van der Waals surface area contributed by atoms with E-state index in [1.807, 2.05) is 39.2 Å². The van der Waals surface area contributed by atoms with Crippen molar-refractivity contribution in [2.75, 3.05) is 12.8 Å². The van der Waals surface area contributed by atoms with E-state index >= 15 is 0 Å². The molecule has 0 amide bonds. The van der Waals surface area contributed by atoms with E-state index in [0.29, 0.717) is 11.4 Å². The van der Waals surface area contributed by atoms with Crippen LogP contribution in [0.5, 0.6) is 5.75 Å². The van der Waals surface area contributed by atoms with Gasteiger partial charge in [0.15, 0.2) is 0 Å². The maximum absolute atomic E-state index is 5.74. The molecule has 0 saturated carbocycles. The van der Waals surface area contributed by atoms with Gasteiger partial charge in [-0.05, 0) is 6.07 Å². The van der Waals surface area contributed by atoms with E-state index in [2.05, 4.69) is 5.10 Å². The summed E-state index contributed by atoms with van der Waals surface area (Å²) in [5.41, 5.74) is 7.28. The van der Waals surface area contributed by atoms with Gasteiger partial charge in [0.05, 0.1) is 18.3 Å². The number of methoxy groups -OCH3 is 1. The van der Waals surface area contributed by atoms with Gasteiger partial charge in [0.2, 0.25) is 0 Å². The Kier molecular flexibility index (Phi) is 3.55. The quantitative estimate of drug-likeness (QED) is 0.729. The molecule has 0 radical (unpaired) electrons. The summed E-state index contributed by atoms with van der Waals surface area (Å²) >= 11 is 0. The monoisotopic (exact) mass is 207 g/mol. The molecule has 0 aliphatic heterocycles. The Morgan fingerprint density at radius 1 is 1.33 bits per heavy atom. The zero-order valence-electron chi connectivity index (χ0n) is 9.61. The normalized spacial score (nSPS) is 9.60. The lowest BCUT2D eigenvalue weighted by atomic mass is 10.2. The van der Waals surface area contributed by atoms with Crippen LogP contribution in [0.2, 0.25) is 0 Å². The Labute approximate surface area is 89.6 Å². The molecule has 0 fully saturated rings. The van der Waals surface area contributed by atoms with Gasteiger partial charge < -0.3 is 10.5 Å². The van der Waals surface area contributed by atoms with Crippen LogP contribution in [-0.2, 0) is 7.05 Å². The lowest BCUT2D eigenvalue weighted by Gasteiger charge is -2.02. The van der Waals surface area contributed by atoms with Crippen LogP contribution < -0.4 is 10.5 Å². The van der Waals surface area contributed by atoms with E-state index in [1.165, 1.54) is 0 Å². The number of hydrogen-bond acceptors (Lipinski definition) is 3. The van der Waals surface area contributed by atoms with Crippen LogP contribution in [0.3, 0.4) is 0 Å². The molecular formula is C11H17N3O. The molecule has 1 heterocycles. The first-order valence-corrected chi connectivity index (χ1v) is 4.97. The Morgan fingerprint density at radius 2 is 2.00 bits per heavy atom. The Morgan fingerprint density at radius 3 is 2.60 bits per heavy atom. The lowest BCUT2D eigenvalue weighted by molar-refractivity contribution is 0.417. The molecule has 0 atom stereocenters. The van der Waals surface area contributed by atoms with Crippen LogP contribution in [0.1, 0.15) is 13.8 Å². The summed E-state index contributed by atoms with van der Waals surface area (Å²) in [4.78, 5) is 0. The van der Waals surface area contributed by atoms with Crippen LogP contribution >= 0.6 is 0 Å². The third kappa shape index (κ3) is 2.21. The standard InChI is InChI=1S/C9H11N3O.C2H6/c1-12-5-6-3-7(10)9(13-2)4-8(6)11-12;1-2/h3-5H,10H2,1-2H3;1-2H3. The zero-order valence-corrected chi connectivity index (χ0v) is 9.61. The molecule has 4 nitrogen and oxygen atoms in total. The molecule has 0 aliphatic carbocycles. The van der Waals surface area contributed by atoms with Gasteiger partial charge in [-0.1, -0.05) is 13.8 Å². The summed E-state index contributed by atoms with van der Waals surface area (Å²) in [5, 5.41) is 5.27. The van der Waals surface area contributed by atoms with E-state index < -0.39 is 0 Å². The van der Waals surface area contributed by atoms with Crippen molar-refractivity contribution in [3.63, 3.8) is 0 Å². The van der Waals surface area contributed by atoms with Gasteiger partial charge in [0.1, 0.15) is 5.75 Å². The van der Waals surface area contributed by atoms with Gasteiger partial charge >= 0.3 is 0 Å². The van der Waals surface area contributed by atoms with Crippen LogP contribution in [-0.4, -0.2) is 16.9 Å². The molecule has 0 spiro atoms. The van der Waals surface area contributed by atoms with Gasteiger partial charge in [-0.2, -0.15) is 5.10 Å². The summed E-state index contributed by atoms with van der Waals surface area (Å²) in [7, 11) is 3.48.